The van der Waals surface area contributed by atoms with Gasteiger partial charge >= 0.3 is 0 Å². The number of anilines is 1. The molecule has 1 heterocycles. The normalized spacial score (nSPS) is 10.8. The Balaban J connectivity index is 1.88. The molecule has 3 aromatic rings. The number of phenols is 1. The average Bonchev–Trinajstić information content (AvgIpc) is 2.55. The van der Waals surface area contributed by atoms with Gasteiger partial charge < -0.3 is 10.4 Å². The van der Waals surface area contributed by atoms with Gasteiger partial charge in [0, 0.05) is 5.39 Å². The van der Waals surface area contributed by atoms with Crippen LogP contribution >= 0.6 is 0 Å². The number of rotatable bonds is 3. The SMILES string of the molecule is Cc1ccc(NC(=O)Cn2nc(C)c3ccccc3c2=O)c(O)c1. The highest BCUT2D eigenvalue weighted by molar-refractivity contribution is 5.92. The van der Waals surface area contributed by atoms with E-state index in [1.54, 1.807) is 37.3 Å². The molecule has 0 saturated carbocycles. The maximum absolute atomic E-state index is 12.5. The van der Waals surface area contributed by atoms with Crippen LogP contribution in [-0.4, -0.2) is 20.8 Å². The van der Waals surface area contributed by atoms with Gasteiger partial charge in [0.1, 0.15) is 12.3 Å². The van der Waals surface area contributed by atoms with Gasteiger partial charge in [0.25, 0.3) is 5.56 Å². The minimum Gasteiger partial charge on any atom is -0.506 e. The molecule has 1 amide bonds. The van der Waals surface area contributed by atoms with Crippen LogP contribution in [0, 0.1) is 13.8 Å². The molecular formula is C18H17N3O3. The van der Waals surface area contributed by atoms with Crippen molar-refractivity contribution in [2.24, 2.45) is 0 Å². The second-order valence-electron chi connectivity index (χ2n) is 5.66. The summed E-state index contributed by atoms with van der Waals surface area (Å²) in [5.41, 5.74) is 1.54. The molecule has 0 bridgehead atoms. The number of nitrogens with one attached hydrogen (secondary N) is 1. The molecule has 6 nitrogen and oxygen atoms in total. The van der Waals surface area contributed by atoms with Crippen molar-refractivity contribution < 1.29 is 9.90 Å². The lowest BCUT2D eigenvalue weighted by Gasteiger charge is -2.10. The van der Waals surface area contributed by atoms with Crippen LogP contribution in [-0.2, 0) is 11.3 Å². The summed E-state index contributed by atoms with van der Waals surface area (Å²) in [5.74, 6) is -0.447. The minimum absolute atomic E-state index is 0.0154. The van der Waals surface area contributed by atoms with Crippen LogP contribution in [0.4, 0.5) is 5.69 Å². The summed E-state index contributed by atoms with van der Waals surface area (Å²) in [6.45, 7) is 3.41. The maximum atomic E-state index is 12.5. The number of fused-ring (bicyclic) bond motifs is 1. The van der Waals surface area contributed by atoms with Crippen LogP contribution < -0.4 is 10.9 Å². The lowest BCUT2D eigenvalue weighted by Crippen LogP contribution is -2.30. The van der Waals surface area contributed by atoms with Crippen molar-refractivity contribution in [2.45, 2.75) is 20.4 Å². The fourth-order valence-electron chi connectivity index (χ4n) is 2.58. The zero-order valence-corrected chi connectivity index (χ0v) is 13.4. The smallest absolute Gasteiger partial charge is 0.275 e. The summed E-state index contributed by atoms with van der Waals surface area (Å²) >= 11 is 0. The van der Waals surface area contributed by atoms with Gasteiger partial charge in [0.2, 0.25) is 5.91 Å². The van der Waals surface area contributed by atoms with Crippen molar-refractivity contribution in [1.29, 1.82) is 0 Å². The first-order valence-corrected chi connectivity index (χ1v) is 7.51. The van der Waals surface area contributed by atoms with Crippen molar-refractivity contribution in [3.05, 3.63) is 64.1 Å². The number of nitrogens with zero attached hydrogens (tertiary/aromatic N) is 2. The van der Waals surface area contributed by atoms with Gasteiger partial charge in [-0.2, -0.15) is 5.10 Å². The number of phenolic OH excluding ortho intramolecular Hbond substituents is 1. The number of carbonyl (C=O) groups excluding carboxylic acids is 1. The summed E-state index contributed by atoms with van der Waals surface area (Å²) in [4.78, 5) is 24.6. The van der Waals surface area contributed by atoms with Gasteiger partial charge in [0.15, 0.2) is 0 Å². The number of aromatic hydroxyl groups is 1. The molecule has 0 aliphatic heterocycles. The zero-order valence-electron chi connectivity index (χ0n) is 13.4. The Kier molecular flexibility index (Phi) is 4.04. The van der Waals surface area contributed by atoms with Crippen LogP contribution in [0.5, 0.6) is 5.75 Å². The van der Waals surface area contributed by atoms with E-state index >= 15 is 0 Å². The number of hydrogen-bond donors (Lipinski definition) is 2. The molecule has 0 aliphatic rings. The molecule has 0 fully saturated rings. The van der Waals surface area contributed by atoms with E-state index < -0.39 is 5.91 Å². The molecule has 0 unspecified atom stereocenters. The van der Waals surface area contributed by atoms with E-state index in [0.717, 1.165) is 15.6 Å². The molecule has 2 N–H and O–H groups in total. The predicted octanol–water partition coefficient (Wildman–Crippen LogP) is 2.36. The summed E-state index contributed by atoms with van der Waals surface area (Å²) in [5, 5.41) is 17.9. The first-order chi connectivity index (χ1) is 11.5. The highest BCUT2D eigenvalue weighted by Crippen LogP contribution is 2.23. The van der Waals surface area contributed by atoms with Gasteiger partial charge in [-0.15, -0.1) is 0 Å². The molecular weight excluding hydrogens is 306 g/mol. The van der Waals surface area contributed by atoms with Crippen LogP contribution in [0.2, 0.25) is 0 Å². The van der Waals surface area contributed by atoms with Crippen molar-refractivity contribution in [3.8, 4) is 5.75 Å². The molecule has 0 saturated heterocycles. The van der Waals surface area contributed by atoms with Gasteiger partial charge in [-0.05, 0) is 37.6 Å². The Morgan fingerprint density at radius 3 is 2.58 bits per heavy atom. The molecule has 6 heteroatoms. The van der Waals surface area contributed by atoms with Gasteiger partial charge in [0.05, 0.1) is 16.8 Å². The van der Waals surface area contributed by atoms with Crippen LogP contribution in [0.15, 0.2) is 47.3 Å². The van der Waals surface area contributed by atoms with E-state index in [4.69, 9.17) is 0 Å². The monoisotopic (exact) mass is 323 g/mol. The van der Waals surface area contributed by atoms with Crippen molar-refractivity contribution in [3.63, 3.8) is 0 Å². The molecule has 0 aliphatic carbocycles. The summed E-state index contributed by atoms with van der Waals surface area (Å²) < 4.78 is 1.14. The van der Waals surface area contributed by atoms with E-state index in [1.807, 2.05) is 19.1 Å². The third-order valence-corrected chi connectivity index (χ3v) is 3.77. The average molecular weight is 323 g/mol. The summed E-state index contributed by atoms with van der Waals surface area (Å²) in [6.07, 6.45) is 0. The standard InChI is InChI=1S/C18H17N3O3/c1-11-7-8-15(16(22)9-11)19-17(23)10-21-18(24)14-6-4-3-5-13(14)12(2)20-21/h3-9,22H,10H2,1-2H3,(H,19,23). The number of amides is 1. The fourth-order valence-corrected chi connectivity index (χ4v) is 2.58. The first kappa shape index (κ1) is 15.7. The highest BCUT2D eigenvalue weighted by Gasteiger charge is 2.12. The Hall–Kier alpha value is -3.15. The topological polar surface area (TPSA) is 84.2 Å². The number of aromatic nitrogens is 2. The molecule has 0 atom stereocenters. The van der Waals surface area contributed by atoms with Gasteiger partial charge in [-0.3, -0.25) is 9.59 Å². The lowest BCUT2D eigenvalue weighted by atomic mass is 10.1. The maximum Gasteiger partial charge on any atom is 0.275 e. The van der Waals surface area contributed by atoms with Gasteiger partial charge in [-0.1, -0.05) is 24.3 Å². The van der Waals surface area contributed by atoms with Crippen molar-refractivity contribution in [1.82, 2.24) is 9.78 Å². The van der Waals surface area contributed by atoms with E-state index in [0.29, 0.717) is 16.8 Å². The molecule has 0 spiro atoms. The Morgan fingerprint density at radius 2 is 1.88 bits per heavy atom. The molecule has 0 radical (unpaired) electrons. The van der Waals surface area contributed by atoms with Crippen LogP contribution in [0.1, 0.15) is 11.3 Å². The van der Waals surface area contributed by atoms with Crippen LogP contribution in [0.3, 0.4) is 0 Å². The summed E-state index contributed by atoms with van der Waals surface area (Å²) in [7, 11) is 0. The second-order valence-corrected chi connectivity index (χ2v) is 5.66. The number of carbonyl (C=O) groups is 1. The quantitative estimate of drug-likeness (QED) is 0.725. The highest BCUT2D eigenvalue weighted by atomic mass is 16.3. The van der Waals surface area contributed by atoms with Crippen molar-refractivity contribution >= 4 is 22.4 Å². The lowest BCUT2D eigenvalue weighted by molar-refractivity contribution is -0.117. The van der Waals surface area contributed by atoms with Crippen molar-refractivity contribution in [2.75, 3.05) is 5.32 Å². The van der Waals surface area contributed by atoms with E-state index in [-0.39, 0.29) is 17.9 Å². The van der Waals surface area contributed by atoms with E-state index in [9.17, 15) is 14.7 Å². The number of hydrogen-bond acceptors (Lipinski definition) is 4. The largest absolute Gasteiger partial charge is 0.506 e. The third kappa shape index (κ3) is 2.99. The first-order valence-electron chi connectivity index (χ1n) is 7.51. The second kappa shape index (κ2) is 6.16. The number of benzene rings is 2. The Morgan fingerprint density at radius 1 is 1.17 bits per heavy atom. The van der Waals surface area contributed by atoms with E-state index in [2.05, 4.69) is 10.4 Å². The third-order valence-electron chi connectivity index (χ3n) is 3.77. The van der Waals surface area contributed by atoms with Gasteiger partial charge in [-0.25, -0.2) is 4.68 Å². The summed E-state index contributed by atoms with van der Waals surface area (Å²) in [6, 6.07) is 12.1. The minimum atomic E-state index is -0.432. The van der Waals surface area contributed by atoms with E-state index in [1.165, 1.54) is 0 Å². The molecule has 3 rings (SSSR count). The molecule has 2 aromatic carbocycles. The zero-order chi connectivity index (χ0) is 17.3. The fraction of sp³-hybridized carbons (Fsp3) is 0.167. The molecule has 24 heavy (non-hydrogen) atoms. The Bertz CT molecular complexity index is 992. The number of aryl methyl sites for hydroxylation is 2. The Labute approximate surface area is 138 Å². The predicted molar refractivity (Wildman–Crippen MR) is 92.2 cm³/mol. The molecule has 122 valence electrons. The van der Waals surface area contributed by atoms with Crippen LogP contribution in [0.25, 0.3) is 10.8 Å². The molecule has 1 aromatic heterocycles.